The maximum Gasteiger partial charge on any atom is 0.321 e. The molecule has 0 unspecified atom stereocenters. The molecule has 0 aliphatic carbocycles. The van der Waals surface area contributed by atoms with Crippen molar-refractivity contribution in [2.45, 2.75) is 58.6 Å². The second-order valence-corrected chi connectivity index (χ2v) is 8.67. The molecule has 7 nitrogen and oxygen atoms in total. The van der Waals surface area contributed by atoms with Crippen LogP contribution in [0, 0.1) is 6.92 Å². The molecule has 0 spiro atoms. The number of aromatic nitrogens is 1. The minimum Gasteiger partial charge on any atom is -0.474 e. The lowest BCUT2D eigenvalue weighted by molar-refractivity contribution is 0.0911. The van der Waals surface area contributed by atoms with E-state index in [-0.39, 0.29) is 23.6 Å². The number of likely N-dealkylation sites (tertiary alicyclic amines) is 1. The lowest BCUT2D eigenvalue weighted by Crippen LogP contribution is -2.43. The fourth-order valence-corrected chi connectivity index (χ4v) is 3.30. The van der Waals surface area contributed by atoms with E-state index < -0.39 is 0 Å². The summed E-state index contributed by atoms with van der Waals surface area (Å²) in [6, 6.07) is 10.7. The number of nitrogens with zero attached hydrogens (tertiary/aromatic N) is 2. The van der Waals surface area contributed by atoms with Gasteiger partial charge in [-0.15, -0.1) is 0 Å². The van der Waals surface area contributed by atoms with Crippen LogP contribution in [0.1, 0.15) is 56.0 Å². The van der Waals surface area contributed by atoms with E-state index in [0.717, 1.165) is 24.8 Å². The van der Waals surface area contributed by atoms with Gasteiger partial charge in [0.25, 0.3) is 5.91 Å². The monoisotopic (exact) mass is 424 g/mol. The average molecular weight is 425 g/mol. The lowest BCUT2D eigenvalue weighted by atomic mass is 10.0. The molecule has 166 valence electrons. The van der Waals surface area contributed by atoms with Crippen molar-refractivity contribution in [3.63, 3.8) is 0 Å². The van der Waals surface area contributed by atoms with E-state index in [1.165, 1.54) is 0 Å². The van der Waals surface area contributed by atoms with Gasteiger partial charge >= 0.3 is 6.03 Å². The number of ether oxygens (including phenoxy) is 1. The number of hydrogen-bond acceptors (Lipinski definition) is 4. The Hall–Kier alpha value is -3.09. The van der Waals surface area contributed by atoms with E-state index in [2.05, 4.69) is 15.6 Å². The van der Waals surface area contributed by atoms with Crippen LogP contribution in [0.15, 0.2) is 42.6 Å². The van der Waals surface area contributed by atoms with Crippen LogP contribution in [0.2, 0.25) is 0 Å². The van der Waals surface area contributed by atoms with Crippen molar-refractivity contribution in [3.05, 3.63) is 53.7 Å². The van der Waals surface area contributed by atoms with Crippen LogP contribution in [0.5, 0.6) is 5.88 Å². The molecular formula is C24H32N4O3. The molecule has 1 aromatic carbocycles. The number of amides is 3. The number of hydrogen-bond donors (Lipinski definition) is 2. The summed E-state index contributed by atoms with van der Waals surface area (Å²) in [6.45, 7) is 9.26. The van der Waals surface area contributed by atoms with Crippen LogP contribution < -0.4 is 15.4 Å². The van der Waals surface area contributed by atoms with Crippen molar-refractivity contribution in [2.75, 3.05) is 18.4 Å². The predicted octanol–water partition coefficient (Wildman–Crippen LogP) is 4.38. The normalized spacial score (nSPS) is 14.8. The summed E-state index contributed by atoms with van der Waals surface area (Å²) in [5.74, 6) is 0.518. The van der Waals surface area contributed by atoms with Crippen molar-refractivity contribution < 1.29 is 14.3 Å². The third-order valence-electron chi connectivity index (χ3n) is 5.64. The van der Waals surface area contributed by atoms with Crippen molar-refractivity contribution in [1.82, 2.24) is 15.2 Å². The van der Waals surface area contributed by atoms with Gasteiger partial charge in [0, 0.05) is 55.0 Å². The van der Waals surface area contributed by atoms with Crippen molar-refractivity contribution >= 4 is 17.6 Å². The fourth-order valence-electron chi connectivity index (χ4n) is 3.30. The molecule has 2 heterocycles. The van der Waals surface area contributed by atoms with Crippen LogP contribution in [-0.2, 0) is 0 Å². The largest absolute Gasteiger partial charge is 0.474 e. The van der Waals surface area contributed by atoms with Gasteiger partial charge in [0.05, 0.1) is 0 Å². The molecule has 2 N–H and O–H groups in total. The predicted molar refractivity (Wildman–Crippen MR) is 121 cm³/mol. The average Bonchev–Trinajstić information content (AvgIpc) is 2.74. The zero-order chi connectivity index (χ0) is 22.4. The van der Waals surface area contributed by atoms with Crippen LogP contribution in [-0.4, -0.2) is 46.6 Å². The summed E-state index contributed by atoms with van der Waals surface area (Å²) >= 11 is 0. The van der Waals surface area contributed by atoms with Gasteiger partial charge in [0.1, 0.15) is 6.10 Å². The fraction of sp³-hybridized carbons (Fsp3) is 0.458. The van der Waals surface area contributed by atoms with E-state index in [1.807, 2.05) is 39.8 Å². The molecule has 7 heteroatoms. The molecule has 1 saturated heterocycles. The Morgan fingerprint density at radius 3 is 2.45 bits per heavy atom. The number of nitrogens with one attached hydrogen (secondary N) is 2. The number of piperidine rings is 1. The molecule has 0 atom stereocenters. The van der Waals surface area contributed by atoms with Crippen LogP contribution in [0.3, 0.4) is 0 Å². The number of carbonyl (C=O) groups excluding carboxylic acids is 2. The standard InChI is InChI=1S/C24H32N4O3/c1-5-24(3,4)27-22(29)18-6-8-19(9-7-18)26-23(30)28-14-11-20(12-15-28)31-21-16-17(2)10-13-25-21/h6-10,13,16,20H,5,11-12,14-15H2,1-4H3,(H,26,30)(H,27,29). The van der Waals surface area contributed by atoms with E-state index in [9.17, 15) is 9.59 Å². The molecule has 0 radical (unpaired) electrons. The zero-order valence-electron chi connectivity index (χ0n) is 18.8. The maximum atomic E-state index is 12.6. The number of anilines is 1. The van der Waals surface area contributed by atoms with Gasteiger partial charge in [0.15, 0.2) is 0 Å². The topological polar surface area (TPSA) is 83.6 Å². The number of pyridine rings is 1. The highest BCUT2D eigenvalue weighted by Gasteiger charge is 2.24. The molecule has 1 fully saturated rings. The van der Waals surface area contributed by atoms with Gasteiger partial charge in [-0.05, 0) is 63.1 Å². The molecule has 31 heavy (non-hydrogen) atoms. The Bertz CT molecular complexity index is 903. The highest BCUT2D eigenvalue weighted by molar-refractivity contribution is 5.96. The minimum absolute atomic E-state index is 0.0588. The summed E-state index contributed by atoms with van der Waals surface area (Å²) in [5, 5.41) is 5.92. The van der Waals surface area contributed by atoms with Gasteiger partial charge in [-0.2, -0.15) is 0 Å². The van der Waals surface area contributed by atoms with Gasteiger partial charge in [0.2, 0.25) is 5.88 Å². The van der Waals surface area contributed by atoms with Gasteiger partial charge in [-0.1, -0.05) is 6.92 Å². The second-order valence-electron chi connectivity index (χ2n) is 8.67. The van der Waals surface area contributed by atoms with Crippen molar-refractivity contribution in [2.24, 2.45) is 0 Å². The molecule has 3 rings (SSSR count). The van der Waals surface area contributed by atoms with Crippen LogP contribution >= 0.6 is 0 Å². The zero-order valence-corrected chi connectivity index (χ0v) is 18.8. The molecule has 3 amide bonds. The van der Waals surface area contributed by atoms with E-state index in [0.29, 0.717) is 30.2 Å². The molecule has 0 bridgehead atoms. The molecule has 2 aromatic rings. The van der Waals surface area contributed by atoms with Gasteiger partial charge in [-0.25, -0.2) is 9.78 Å². The molecule has 1 aliphatic rings. The quantitative estimate of drug-likeness (QED) is 0.721. The Morgan fingerprint density at radius 1 is 1.16 bits per heavy atom. The summed E-state index contributed by atoms with van der Waals surface area (Å²) in [5.41, 5.74) is 2.09. The first kappa shape index (κ1) is 22.6. The lowest BCUT2D eigenvalue weighted by Gasteiger charge is -2.32. The summed E-state index contributed by atoms with van der Waals surface area (Å²) in [7, 11) is 0. The summed E-state index contributed by atoms with van der Waals surface area (Å²) in [4.78, 5) is 31.0. The number of rotatable bonds is 6. The highest BCUT2D eigenvalue weighted by Crippen LogP contribution is 2.19. The highest BCUT2D eigenvalue weighted by atomic mass is 16.5. The molecular weight excluding hydrogens is 392 g/mol. The molecule has 1 aliphatic heterocycles. The van der Waals surface area contributed by atoms with E-state index >= 15 is 0 Å². The Balaban J connectivity index is 1.48. The summed E-state index contributed by atoms with van der Waals surface area (Å²) < 4.78 is 5.95. The smallest absolute Gasteiger partial charge is 0.321 e. The van der Waals surface area contributed by atoms with E-state index in [1.54, 1.807) is 35.4 Å². The Labute approximate surface area is 184 Å². The van der Waals surface area contributed by atoms with Crippen molar-refractivity contribution in [1.29, 1.82) is 0 Å². The first-order valence-corrected chi connectivity index (χ1v) is 10.8. The third kappa shape index (κ3) is 6.44. The first-order valence-electron chi connectivity index (χ1n) is 10.8. The van der Waals surface area contributed by atoms with Crippen LogP contribution in [0.4, 0.5) is 10.5 Å². The first-order chi connectivity index (χ1) is 14.8. The number of benzene rings is 1. The third-order valence-corrected chi connectivity index (χ3v) is 5.64. The van der Waals surface area contributed by atoms with Gasteiger partial charge < -0.3 is 20.3 Å². The minimum atomic E-state index is -0.255. The van der Waals surface area contributed by atoms with Crippen LogP contribution in [0.25, 0.3) is 0 Å². The Kier molecular flexibility index (Phi) is 7.15. The summed E-state index contributed by atoms with van der Waals surface area (Å²) in [6.07, 6.45) is 4.16. The second kappa shape index (κ2) is 9.81. The van der Waals surface area contributed by atoms with E-state index in [4.69, 9.17) is 4.74 Å². The SMILES string of the molecule is CCC(C)(C)NC(=O)c1ccc(NC(=O)N2CCC(Oc3cc(C)ccn3)CC2)cc1. The Morgan fingerprint density at radius 2 is 1.84 bits per heavy atom. The number of carbonyl (C=O) groups is 2. The maximum absolute atomic E-state index is 12.6. The molecule has 0 saturated carbocycles. The number of urea groups is 1. The molecule has 1 aromatic heterocycles. The number of aryl methyl sites for hydroxylation is 1. The van der Waals surface area contributed by atoms with Gasteiger partial charge in [-0.3, -0.25) is 4.79 Å². The van der Waals surface area contributed by atoms with Crippen molar-refractivity contribution in [3.8, 4) is 5.88 Å².